The fourth-order valence-corrected chi connectivity index (χ4v) is 3.85. The predicted octanol–water partition coefficient (Wildman–Crippen LogP) is 2.80. The van der Waals surface area contributed by atoms with Crippen molar-refractivity contribution in [3.05, 3.63) is 58.6 Å². The minimum Gasteiger partial charge on any atom is -0.265 e. The van der Waals surface area contributed by atoms with Gasteiger partial charge in [0.1, 0.15) is 5.82 Å². The predicted molar refractivity (Wildman–Crippen MR) is 77.0 cm³/mol. The molecular weight excluding hydrogens is 347 g/mol. The van der Waals surface area contributed by atoms with Gasteiger partial charge in [-0.2, -0.15) is 4.31 Å². The Morgan fingerprint density at radius 3 is 2.50 bits per heavy atom. The van der Waals surface area contributed by atoms with Gasteiger partial charge in [0, 0.05) is 30.5 Å². The Bertz CT molecular complexity index is 708. The second-order valence-electron chi connectivity index (χ2n) is 4.19. The maximum atomic E-state index is 13.0. The van der Waals surface area contributed by atoms with Crippen LogP contribution in [0.2, 0.25) is 0 Å². The molecule has 0 unspecified atom stereocenters. The van der Waals surface area contributed by atoms with Gasteiger partial charge in [-0.25, -0.2) is 12.8 Å². The third-order valence-electron chi connectivity index (χ3n) is 2.74. The van der Waals surface area contributed by atoms with Gasteiger partial charge in [0.05, 0.1) is 4.90 Å². The molecule has 0 aliphatic rings. The zero-order chi connectivity index (χ0) is 14.8. The Morgan fingerprint density at radius 2 is 1.90 bits per heavy atom. The molecule has 2 aromatic rings. The number of nitrogens with zero attached hydrogens (tertiary/aromatic N) is 2. The Morgan fingerprint density at radius 1 is 1.25 bits per heavy atom. The van der Waals surface area contributed by atoms with Crippen molar-refractivity contribution >= 4 is 26.0 Å². The number of hydrogen-bond donors (Lipinski definition) is 0. The molecule has 0 spiro atoms. The number of rotatable bonds is 4. The summed E-state index contributed by atoms with van der Waals surface area (Å²) in [5, 5.41) is 0. The standard InChI is InChI=1S/C13H12BrFN2O2S/c1-17(9-10-4-6-16-7-5-10)20(18,19)13-3-2-11(15)8-12(13)14/h2-8H,9H2,1H3. The first-order chi connectivity index (χ1) is 9.41. The number of halogens is 2. The van der Waals surface area contributed by atoms with Crippen LogP contribution in [-0.2, 0) is 16.6 Å². The van der Waals surface area contributed by atoms with Gasteiger partial charge in [-0.1, -0.05) is 0 Å². The summed E-state index contributed by atoms with van der Waals surface area (Å²) in [4.78, 5) is 3.92. The molecule has 1 heterocycles. The topological polar surface area (TPSA) is 50.3 Å². The lowest BCUT2D eigenvalue weighted by molar-refractivity contribution is 0.466. The normalized spacial score (nSPS) is 11.8. The molecule has 0 bridgehead atoms. The summed E-state index contributed by atoms with van der Waals surface area (Å²) in [6.07, 6.45) is 3.20. The van der Waals surface area contributed by atoms with Gasteiger partial charge in [-0.15, -0.1) is 0 Å². The lowest BCUT2D eigenvalue weighted by Crippen LogP contribution is -2.26. The molecule has 4 nitrogen and oxygen atoms in total. The van der Waals surface area contributed by atoms with E-state index in [1.165, 1.54) is 17.4 Å². The highest BCUT2D eigenvalue weighted by molar-refractivity contribution is 9.10. The number of sulfonamides is 1. The van der Waals surface area contributed by atoms with Crippen LogP contribution in [0.1, 0.15) is 5.56 Å². The Kier molecular flexibility index (Phi) is 4.52. The van der Waals surface area contributed by atoms with Crippen LogP contribution in [0.4, 0.5) is 4.39 Å². The van der Waals surface area contributed by atoms with E-state index in [0.29, 0.717) is 0 Å². The van der Waals surface area contributed by atoms with Crippen LogP contribution in [0.15, 0.2) is 52.1 Å². The summed E-state index contributed by atoms with van der Waals surface area (Å²) in [6.45, 7) is 0.217. The van der Waals surface area contributed by atoms with Crippen LogP contribution in [0.25, 0.3) is 0 Å². The number of pyridine rings is 1. The first-order valence-electron chi connectivity index (χ1n) is 5.71. The molecule has 0 saturated heterocycles. The molecule has 20 heavy (non-hydrogen) atoms. The molecule has 0 aliphatic heterocycles. The van der Waals surface area contributed by atoms with Crippen LogP contribution in [0.5, 0.6) is 0 Å². The molecule has 2 rings (SSSR count). The summed E-state index contributed by atoms with van der Waals surface area (Å²) in [6, 6.07) is 6.99. The molecular formula is C13H12BrFN2O2S. The summed E-state index contributed by atoms with van der Waals surface area (Å²) >= 11 is 3.08. The summed E-state index contributed by atoms with van der Waals surface area (Å²) in [5.74, 6) is -0.493. The van der Waals surface area contributed by atoms with E-state index in [1.54, 1.807) is 24.5 Å². The summed E-state index contributed by atoms with van der Waals surface area (Å²) in [5.41, 5.74) is 0.823. The zero-order valence-corrected chi connectivity index (χ0v) is 13.0. The maximum Gasteiger partial charge on any atom is 0.244 e. The van der Waals surface area contributed by atoms with Crippen molar-refractivity contribution in [2.45, 2.75) is 11.4 Å². The molecule has 1 aromatic carbocycles. The molecule has 7 heteroatoms. The van der Waals surface area contributed by atoms with Crippen molar-refractivity contribution in [2.75, 3.05) is 7.05 Å². The third-order valence-corrected chi connectivity index (χ3v) is 5.52. The molecule has 0 amide bonds. The van der Waals surface area contributed by atoms with E-state index in [2.05, 4.69) is 20.9 Å². The number of hydrogen-bond acceptors (Lipinski definition) is 3. The van der Waals surface area contributed by atoms with Gasteiger partial charge in [0.25, 0.3) is 0 Å². The van der Waals surface area contributed by atoms with Crippen molar-refractivity contribution in [1.82, 2.24) is 9.29 Å². The van der Waals surface area contributed by atoms with E-state index >= 15 is 0 Å². The first-order valence-corrected chi connectivity index (χ1v) is 7.95. The molecule has 0 fully saturated rings. The molecule has 0 saturated carbocycles. The number of benzene rings is 1. The van der Waals surface area contributed by atoms with Crippen LogP contribution in [0, 0.1) is 5.82 Å². The quantitative estimate of drug-likeness (QED) is 0.844. The molecule has 106 valence electrons. The van der Waals surface area contributed by atoms with Gasteiger partial charge in [-0.3, -0.25) is 4.98 Å². The van der Waals surface area contributed by atoms with Crippen LogP contribution < -0.4 is 0 Å². The fraction of sp³-hybridized carbons (Fsp3) is 0.154. The lowest BCUT2D eigenvalue weighted by Gasteiger charge is -2.18. The van der Waals surface area contributed by atoms with E-state index in [1.807, 2.05) is 0 Å². The highest BCUT2D eigenvalue weighted by atomic mass is 79.9. The van der Waals surface area contributed by atoms with E-state index in [9.17, 15) is 12.8 Å². The molecule has 0 radical (unpaired) electrons. The van der Waals surface area contributed by atoms with Crippen molar-refractivity contribution in [1.29, 1.82) is 0 Å². The van der Waals surface area contributed by atoms with Gasteiger partial charge >= 0.3 is 0 Å². The van der Waals surface area contributed by atoms with Crippen molar-refractivity contribution in [3.8, 4) is 0 Å². The molecule has 1 aromatic heterocycles. The van der Waals surface area contributed by atoms with Crippen LogP contribution >= 0.6 is 15.9 Å². The highest BCUT2D eigenvalue weighted by Gasteiger charge is 2.23. The minimum atomic E-state index is -3.69. The van der Waals surface area contributed by atoms with Gasteiger partial charge in [-0.05, 0) is 51.8 Å². The monoisotopic (exact) mass is 358 g/mol. The first kappa shape index (κ1) is 15.1. The van der Waals surface area contributed by atoms with Crippen LogP contribution in [0.3, 0.4) is 0 Å². The minimum absolute atomic E-state index is 0.0375. The van der Waals surface area contributed by atoms with Crippen molar-refractivity contribution < 1.29 is 12.8 Å². The SMILES string of the molecule is CN(Cc1ccncc1)S(=O)(=O)c1ccc(F)cc1Br. The smallest absolute Gasteiger partial charge is 0.244 e. The third kappa shape index (κ3) is 3.23. The fourth-order valence-electron chi connectivity index (χ4n) is 1.68. The van der Waals surface area contributed by atoms with Crippen molar-refractivity contribution in [3.63, 3.8) is 0 Å². The van der Waals surface area contributed by atoms with Gasteiger partial charge < -0.3 is 0 Å². The van der Waals surface area contributed by atoms with E-state index in [4.69, 9.17) is 0 Å². The Balaban J connectivity index is 2.30. The second kappa shape index (κ2) is 5.99. The average Bonchev–Trinajstić information content (AvgIpc) is 2.39. The summed E-state index contributed by atoms with van der Waals surface area (Å²) < 4.78 is 39.3. The van der Waals surface area contributed by atoms with E-state index in [-0.39, 0.29) is 15.9 Å². The van der Waals surface area contributed by atoms with Gasteiger partial charge in [0.2, 0.25) is 10.0 Å². The highest BCUT2D eigenvalue weighted by Crippen LogP contribution is 2.26. The maximum absolute atomic E-state index is 13.0. The summed E-state index contributed by atoms with van der Waals surface area (Å²) in [7, 11) is -2.21. The second-order valence-corrected chi connectivity index (χ2v) is 7.06. The zero-order valence-electron chi connectivity index (χ0n) is 10.6. The molecule has 0 aliphatic carbocycles. The molecule has 0 N–H and O–H groups in total. The van der Waals surface area contributed by atoms with Crippen molar-refractivity contribution in [2.24, 2.45) is 0 Å². The van der Waals surface area contributed by atoms with E-state index < -0.39 is 15.8 Å². The largest absolute Gasteiger partial charge is 0.265 e. The lowest BCUT2D eigenvalue weighted by atomic mass is 10.3. The Labute approximate surface area is 125 Å². The van der Waals surface area contributed by atoms with Crippen LogP contribution in [-0.4, -0.2) is 24.8 Å². The van der Waals surface area contributed by atoms with E-state index in [0.717, 1.165) is 17.7 Å². The Hall–Kier alpha value is -1.31. The average molecular weight is 359 g/mol. The number of aromatic nitrogens is 1. The van der Waals surface area contributed by atoms with Gasteiger partial charge in [0.15, 0.2) is 0 Å². The molecule has 0 atom stereocenters.